The van der Waals surface area contributed by atoms with Crippen LogP contribution < -0.4 is 11.5 Å². The van der Waals surface area contributed by atoms with Gasteiger partial charge in [-0.05, 0) is 25.1 Å². The van der Waals surface area contributed by atoms with E-state index in [9.17, 15) is 0 Å². The van der Waals surface area contributed by atoms with Gasteiger partial charge in [-0.1, -0.05) is 15.9 Å². The molecule has 0 aliphatic rings. The van der Waals surface area contributed by atoms with Gasteiger partial charge in [0.1, 0.15) is 0 Å². The minimum Gasteiger partial charge on any atom is -0.398 e. The summed E-state index contributed by atoms with van der Waals surface area (Å²) in [6.45, 7) is 1.99. The Morgan fingerprint density at radius 2 is 2.23 bits per heavy atom. The molecule has 0 amide bonds. The molecule has 0 saturated carbocycles. The van der Waals surface area contributed by atoms with Crippen LogP contribution in [0.1, 0.15) is 6.92 Å². The molecule has 0 heterocycles. The maximum atomic E-state index is 5.82. The van der Waals surface area contributed by atoms with E-state index in [1.165, 1.54) is 0 Å². The number of nitrogens with two attached hydrogens (primary N) is 2. The number of hydrogen-bond acceptors (Lipinski definition) is 3. The van der Waals surface area contributed by atoms with Crippen molar-refractivity contribution in [3.8, 4) is 0 Å². The van der Waals surface area contributed by atoms with Crippen molar-refractivity contribution in [1.82, 2.24) is 0 Å². The first-order valence-corrected chi connectivity index (χ1v) is 5.81. The second-order valence-corrected chi connectivity index (χ2v) is 4.95. The zero-order valence-corrected chi connectivity index (χ0v) is 9.86. The first-order chi connectivity index (χ1) is 6.09. The Hall–Kier alpha value is -0.190. The average Bonchev–Trinajstić information content (AvgIpc) is 2.02. The highest BCUT2D eigenvalue weighted by atomic mass is 79.9. The molecular formula is C9H13BrN2S. The van der Waals surface area contributed by atoms with Gasteiger partial charge in [0.15, 0.2) is 0 Å². The SMILES string of the molecule is CC(N)CSc1ccc(Br)cc1N. The summed E-state index contributed by atoms with van der Waals surface area (Å²) in [5, 5.41) is 0. The van der Waals surface area contributed by atoms with Crippen LogP contribution >= 0.6 is 27.7 Å². The van der Waals surface area contributed by atoms with Crippen LogP contribution in [0, 0.1) is 0 Å². The fraction of sp³-hybridized carbons (Fsp3) is 0.333. The number of halogens is 1. The minimum absolute atomic E-state index is 0.202. The maximum absolute atomic E-state index is 5.82. The second-order valence-electron chi connectivity index (χ2n) is 2.97. The van der Waals surface area contributed by atoms with E-state index >= 15 is 0 Å². The van der Waals surface area contributed by atoms with Crippen LogP contribution in [-0.2, 0) is 0 Å². The summed E-state index contributed by atoms with van der Waals surface area (Å²) < 4.78 is 1.01. The number of anilines is 1. The molecule has 0 aliphatic heterocycles. The molecule has 0 radical (unpaired) electrons. The van der Waals surface area contributed by atoms with Gasteiger partial charge >= 0.3 is 0 Å². The van der Waals surface area contributed by atoms with E-state index in [-0.39, 0.29) is 6.04 Å². The van der Waals surface area contributed by atoms with Crippen LogP contribution in [0.15, 0.2) is 27.6 Å². The van der Waals surface area contributed by atoms with Gasteiger partial charge in [0.05, 0.1) is 0 Å². The molecule has 72 valence electrons. The van der Waals surface area contributed by atoms with Gasteiger partial charge in [-0.25, -0.2) is 0 Å². The molecule has 1 unspecified atom stereocenters. The Bertz CT molecular complexity index is 289. The quantitative estimate of drug-likeness (QED) is 0.649. The second kappa shape index (κ2) is 4.88. The minimum atomic E-state index is 0.202. The van der Waals surface area contributed by atoms with Gasteiger partial charge in [0.2, 0.25) is 0 Å². The zero-order chi connectivity index (χ0) is 9.84. The van der Waals surface area contributed by atoms with E-state index in [4.69, 9.17) is 11.5 Å². The van der Waals surface area contributed by atoms with Crippen LogP contribution in [0.25, 0.3) is 0 Å². The predicted octanol–water partition coefficient (Wildman–Crippen LogP) is 2.47. The molecule has 0 fully saturated rings. The molecule has 1 rings (SSSR count). The fourth-order valence-corrected chi connectivity index (χ4v) is 2.08. The molecule has 1 atom stereocenters. The van der Waals surface area contributed by atoms with Crippen molar-refractivity contribution in [3.63, 3.8) is 0 Å². The first kappa shape index (κ1) is 10.9. The molecule has 0 aliphatic carbocycles. The van der Waals surface area contributed by atoms with E-state index in [2.05, 4.69) is 15.9 Å². The van der Waals surface area contributed by atoms with Crippen LogP contribution in [-0.4, -0.2) is 11.8 Å². The molecule has 0 spiro atoms. The summed E-state index contributed by atoms with van der Waals surface area (Å²) >= 11 is 5.06. The molecule has 4 N–H and O–H groups in total. The zero-order valence-electron chi connectivity index (χ0n) is 7.46. The fourth-order valence-electron chi connectivity index (χ4n) is 0.872. The van der Waals surface area contributed by atoms with E-state index in [0.29, 0.717) is 0 Å². The summed E-state index contributed by atoms with van der Waals surface area (Å²) in [5.41, 5.74) is 12.3. The van der Waals surface area contributed by atoms with Gasteiger partial charge < -0.3 is 11.5 Å². The number of hydrogen-bond donors (Lipinski definition) is 2. The standard InChI is InChI=1S/C9H13BrN2S/c1-6(11)5-13-9-3-2-7(10)4-8(9)12/h2-4,6H,5,11-12H2,1H3. The third-order valence-electron chi connectivity index (χ3n) is 1.47. The maximum Gasteiger partial charge on any atom is 0.0463 e. The van der Waals surface area contributed by atoms with Crippen LogP contribution in [0.4, 0.5) is 5.69 Å². The third kappa shape index (κ3) is 3.58. The molecule has 0 saturated heterocycles. The van der Waals surface area contributed by atoms with Crippen molar-refractivity contribution < 1.29 is 0 Å². The van der Waals surface area contributed by atoms with Gasteiger partial charge in [-0.15, -0.1) is 11.8 Å². The lowest BCUT2D eigenvalue weighted by Crippen LogP contribution is -2.17. The van der Waals surface area contributed by atoms with Gasteiger partial charge in [-0.3, -0.25) is 0 Å². The largest absolute Gasteiger partial charge is 0.398 e. The van der Waals surface area contributed by atoms with Crippen LogP contribution in [0.3, 0.4) is 0 Å². The predicted molar refractivity (Wildman–Crippen MR) is 62.9 cm³/mol. The molecule has 0 aromatic heterocycles. The van der Waals surface area contributed by atoms with E-state index in [0.717, 1.165) is 20.8 Å². The van der Waals surface area contributed by atoms with E-state index < -0.39 is 0 Å². The molecule has 2 nitrogen and oxygen atoms in total. The Balaban J connectivity index is 2.67. The van der Waals surface area contributed by atoms with Crippen molar-refractivity contribution >= 4 is 33.4 Å². The van der Waals surface area contributed by atoms with Gasteiger partial charge in [0, 0.05) is 26.9 Å². The topological polar surface area (TPSA) is 52.0 Å². The average molecular weight is 261 g/mol. The monoisotopic (exact) mass is 260 g/mol. The summed E-state index contributed by atoms with van der Waals surface area (Å²) in [6, 6.07) is 6.10. The van der Waals surface area contributed by atoms with E-state index in [1.807, 2.05) is 25.1 Å². The lowest BCUT2D eigenvalue weighted by molar-refractivity contribution is 0.847. The highest BCUT2D eigenvalue weighted by molar-refractivity contribution is 9.10. The summed E-state index contributed by atoms with van der Waals surface area (Å²) in [5.74, 6) is 0.895. The van der Waals surface area contributed by atoms with E-state index in [1.54, 1.807) is 11.8 Å². The summed E-state index contributed by atoms with van der Waals surface area (Å²) in [7, 11) is 0. The normalized spacial score (nSPS) is 12.8. The summed E-state index contributed by atoms with van der Waals surface area (Å²) in [4.78, 5) is 1.10. The van der Waals surface area contributed by atoms with Crippen molar-refractivity contribution in [2.24, 2.45) is 5.73 Å². The first-order valence-electron chi connectivity index (χ1n) is 4.03. The number of nitrogen functional groups attached to an aromatic ring is 1. The molecule has 1 aromatic rings. The van der Waals surface area contributed by atoms with Crippen LogP contribution in [0.5, 0.6) is 0 Å². The van der Waals surface area contributed by atoms with Crippen molar-refractivity contribution in [2.75, 3.05) is 11.5 Å². The van der Waals surface area contributed by atoms with Crippen molar-refractivity contribution in [3.05, 3.63) is 22.7 Å². The smallest absolute Gasteiger partial charge is 0.0463 e. The highest BCUT2D eigenvalue weighted by Gasteiger charge is 2.01. The molecule has 1 aromatic carbocycles. The summed E-state index contributed by atoms with van der Waals surface area (Å²) in [6.07, 6.45) is 0. The van der Waals surface area contributed by atoms with Crippen molar-refractivity contribution in [1.29, 1.82) is 0 Å². The number of thioether (sulfide) groups is 1. The molecule has 4 heteroatoms. The van der Waals surface area contributed by atoms with Gasteiger partial charge in [0.25, 0.3) is 0 Å². The Morgan fingerprint density at radius 1 is 1.54 bits per heavy atom. The van der Waals surface area contributed by atoms with Crippen LogP contribution in [0.2, 0.25) is 0 Å². The molecular weight excluding hydrogens is 248 g/mol. The number of rotatable bonds is 3. The lowest BCUT2D eigenvalue weighted by Gasteiger charge is -2.07. The molecule has 13 heavy (non-hydrogen) atoms. The highest BCUT2D eigenvalue weighted by Crippen LogP contribution is 2.27. The Labute approximate surface area is 91.2 Å². The third-order valence-corrected chi connectivity index (χ3v) is 3.34. The van der Waals surface area contributed by atoms with Crippen molar-refractivity contribution in [2.45, 2.75) is 17.9 Å². The lowest BCUT2D eigenvalue weighted by atomic mass is 10.3. The number of benzene rings is 1. The van der Waals surface area contributed by atoms with Gasteiger partial charge in [-0.2, -0.15) is 0 Å². The molecule has 0 bridgehead atoms. The Morgan fingerprint density at radius 3 is 2.77 bits per heavy atom. The Kier molecular flexibility index (Phi) is 4.09.